The molecule has 0 saturated heterocycles. The summed E-state index contributed by atoms with van der Waals surface area (Å²) in [5.41, 5.74) is 2.33. The van der Waals surface area contributed by atoms with Crippen LogP contribution in [-0.2, 0) is 0 Å². The lowest BCUT2D eigenvalue weighted by Crippen LogP contribution is -2.20. The van der Waals surface area contributed by atoms with Crippen LogP contribution in [0, 0.1) is 12.7 Å². The zero-order valence-corrected chi connectivity index (χ0v) is 11.3. The zero-order chi connectivity index (χ0) is 14.1. The van der Waals surface area contributed by atoms with E-state index in [2.05, 4.69) is 0 Å². The first kappa shape index (κ1) is 13.1. The highest BCUT2D eigenvalue weighted by Gasteiger charge is 2.28. The monoisotopic (exact) mass is 272 g/mol. The van der Waals surface area contributed by atoms with Gasteiger partial charge in [0, 0.05) is 11.5 Å². The van der Waals surface area contributed by atoms with Gasteiger partial charge in [0.2, 0.25) is 0 Å². The van der Waals surface area contributed by atoms with Crippen LogP contribution in [0.25, 0.3) is 0 Å². The fourth-order valence-electron chi connectivity index (χ4n) is 2.78. The van der Waals surface area contributed by atoms with E-state index in [0.29, 0.717) is 12.2 Å². The Labute approximate surface area is 117 Å². The first-order chi connectivity index (χ1) is 9.66. The molecular formula is C17H17FO2. The van der Waals surface area contributed by atoms with Crippen molar-refractivity contribution in [3.63, 3.8) is 0 Å². The van der Waals surface area contributed by atoms with Gasteiger partial charge in [0.1, 0.15) is 11.6 Å². The van der Waals surface area contributed by atoms with Crippen LogP contribution in [-0.4, -0.2) is 11.7 Å². The molecule has 3 heteroatoms. The first-order valence-corrected chi connectivity index (χ1v) is 6.82. The summed E-state index contributed by atoms with van der Waals surface area (Å²) in [7, 11) is 0. The Morgan fingerprint density at radius 1 is 1.25 bits per heavy atom. The Balaban J connectivity index is 1.95. The maximum absolute atomic E-state index is 13.3. The number of rotatable bonds is 2. The molecule has 2 unspecified atom stereocenters. The van der Waals surface area contributed by atoms with Crippen molar-refractivity contribution in [2.45, 2.75) is 25.4 Å². The number of fused-ring (bicyclic) bond motifs is 1. The number of ether oxygens (including phenoxy) is 1. The highest BCUT2D eigenvalue weighted by atomic mass is 19.1. The van der Waals surface area contributed by atoms with Gasteiger partial charge in [-0.2, -0.15) is 0 Å². The summed E-state index contributed by atoms with van der Waals surface area (Å²) in [5.74, 6) is 0.583. The number of hydrogen-bond donors (Lipinski definition) is 1. The van der Waals surface area contributed by atoms with Gasteiger partial charge in [0.25, 0.3) is 0 Å². The Morgan fingerprint density at radius 3 is 2.85 bits per heavy atom. The summed E-state index contributed by atoms with van der Waals surface area (Å²) in [6, 6.07) is 12.6. The Kier molecular flexibility index (Phi) is 3.45. The lowest BCUT2D eigenvalue weighted by Gasteiger charge is -2.29. The molecule has 2 aromatic carbocycles. The fraction of sp³-hybridized carbons (Fsp3) is 0.294. The van der Waals surface area contributed by atoms with Crippen molar-refractivity contribution in [1.29, 1.82) is 0 Å². The van der Waals surface area contributed by atoms with Crippen molar-refractivity contribution in [1.82, 2.24) is 0 Å². The molecule has 3 rings (SSSR count). The molecule has 0 amide bonds. The highest BCUT2D eigenvalue weighted by molar-refractivity contribution is 5.40. The van der Waals surface area contributed by atoms with Crippen molar-refractivity contribution >= 4 is 0 Å². The average Bonchev–Trinajstić information content (AvgIpc) is 2.49. The van der Waals surface area contributed by atoms with Gasteiger partial charge in [0.05, 0.1) is 12.7 Å². The Hall–Kier alpha value is -1.87. The second kappa shape index (κ2) is 5.25. The third-order valence-corrected chi connectivity index (χ3v) is 3.91. The SMILES string of the molecule is Cc1cc(C(O)C2CCOc3ccccc32)ccc1F. The minimum atomic E-state index is -0.639. The largest absolute Gasteiger partial charge is 0.493 e. The van der Waals surface area contributed by atoms with E-state index in [4.69, 9.17) is 4.74 Å². The molecule has 0 bridgehead atoms. The second-order valence-electron chi connectivity index (χ2n) is 5.23. The van der Waals surface area contributed by atoms with Gasteiger partial charge < -0.3 is 9.84 Å². The molecule has 0 radical (unpaired) electrons. The summed E-state index contributed by atoms with van der Waals surface area (Å²) < 4.78 is 19.0. The van der Waals surface area contributed by atoms with Crippen molar-refractivity contribution in [2.24, 2.45) is 0 Å². The summed E-state index contributed by atoms with van der Waals surface area (Å²) in [5, 5.41) is 10.6. The molecule has 1 heterocycles. The molecule has 0 saturated carbocycles. The van der Waals surface area contributed by atoms with E-state index in [1.165, 1.54) is 6.07 Å². The highest BCUT2D eigenvalue weighted by Crippen LogP contribution is 2.41. The van der Waals surface area contributed by atoms with Crippen LogP contribution in [0.3, 0.4) is 0 Å². The molecule has 0 aromatic heterocycles. The van der Waals surface area contributed by atoms with Crippen molar-refractivity contribution in [3.05, 3.63) is 65.0 Å². The summed E-state index contributed by atoms with van der Waals surface area (Å²) >= 11 is 0. The van der Waals surface area contributed by atoms with Crippen molar-refractivity contribution in [3.8, 4) is 5.75 Å². The molecular weight excluding hydrogens is 255 g/mol. The zero-order valence-electron chi connectivity index (χ0n) is 11.3. The number of aryl methyl sites for hydroxylation is 1. The number of halogens is 1. The number of para-hydroxylation sites is 1. The van der Waals surface area contributed by atoms with Gasteiger partial charge in [-0.05, 0) is 36.6 Å². The van der Waals surface area contributed by atoms with E-state index in [0.717, 1.165) is 23.3 Å². The molecule has 2 aromatic rings. The van der Waals surface area contributed by atoms with Crippen molar-refractivity contribution in [2.75, 3.05) is 6.61 Å². The maximum Gasteiger partial charge on any atom is 0.126 e. The first-order valence-electron chi connectivity index (χ1n) is 6.82. The topological polar surface area (TPSA) is 29.5 Å². The number of aliphatic hydroxyl groups excluding tert-OH is 1. The summed E-state index contributed by atoms with van der Waals surface area (Å²) in [6.07, 6.45) is 0.119. The second-order valence-corrected chi connectivity index (χ2v) is 5.23. The molecule has 1 aliphatic rings. The van der Waals surface area contributed by atoms with Gasteiger partial charge in [-0.25, -0.2) is 4.39 Å². The quantitative estimate of drug-likeness (QED) is 0.902. The van der Waals surface area contributed by atoms with Crippen LogP contribution in [0.5, 0.6) is 5.75 Å². The van der Waals surface area contributed by atoms with Crippen molar-refractivity contribution < 1.29 is 14.2 Å². The standard InChI is InChI=1S/C17H17FO2/c1-11-10-12(6-7-15(11)18)17(19)14-8-9-20-16-5-3-2-4-13(14)16/h2-7,10,14,17,19H,8-9H2,1H3. The molecule has 104 valence electrons. The van der Waals surface area contributed by atoms with E-state index < -0.39 is 6.10 Å². The molecule has 1 N–H and O–H groups in total. The van der Waals surface area contributed by atoms with Gasteiger partial charge in [0.15, 0.2) is 0 Å². The maximum atomic E-state index is 13.3. The molecule has 0 fully saturated rings. The van der Waals surface area contributed by atoms with Crippen LogP contribution in [0.4, 0.5) is 4.39 Å². The van der Waals surface area contributed by atoms with E-state index in [9.17, 15) is 9.50 Å². The number of benzene rings is 2. The van der Waals surface area contributed by atoms with Crippen LogP contribution < -0.4 is 4.74 Å². The van der Waals surface area contributed by atoms with Gasteiger partial charge in [-0.1, -0.05) is 30.3 Å². The van der Waals surface area contributed by atoms with Crippen LogP contribution in [0.2, 0.25) is 0 Å². The summed E-state index contributed by atoms with van der Waals surface area (Å²) in [4.78, 5) is 0. The molecule has 0 spiro atoms. The Bertz CT molecular complexity index is 624. The van der Waals surface area contributed by atoms with Crippen LogP contribution >= 0.6 is 0 Å². The van der Waals surface area contributed by atoms with Gasteiger partial charge in [-0.15, -0.1) is 0 Å². The third kappa shape index (κ3) is 2.29. The molecule has 2 nitrogen and oxygen atoms in total. The predicted octanol–water partition coefficient (Wildman–Crippen LogP) is 3.73. The normalized spacial score (nSPS) is 19.1. The van der Waals surface area contributed by atoms with E-state index in [1.54, 1.807) is 19.1 Å². The molecule has 2 atom stereocenters. The average molecular weight is 272 g/mol. The Morgan fingerprint density at radius 2 is 2.05 bits per heavy atom. The van der Waals surface area contributed by atoms with E-state index >= 15 is 0 Å². The van der Waals surface area contributed by atoms with E-state index in [-0.39, 0.29) is 11.7 Å². The number of aliphatic hydroxyl groups is 1. The smallest absolute Gasteiger partial charge is 0.126 e. The van der Waals surface area contributed by atoms with Gasteiger partial charge in [-0.3, -0.25) is 0 Å². The third-order valence-electron chi connectivity index (χ3n) is 3.91. The lowest BCUT2D eigenvalue weighted by atomic mass is 9.85. The van der Waals surface area contributed by atoms with E-state index in [1.807, 2.05) is 24.3 Å². The molecule has 0 aliphatic carbocycles. The van der Waals surface area contributed by atoms with Crippen LogP contribution in [0.1, 0.15) is 35.1 Å². The fourth-order valence-corrected chi connectivity index (χ4v) is 2.78. The van der Waals surface area contributed by atoms with Crippen LogP contribution in [0.15, 0.2) is 42.5 Å². The van der Waals surface area contributed by atoms with Gasteiger partial charge >= 0.3 is 0 Å². The molecule has 20 heavy (non-hydrogen) atoms. The summed E-state index contributed by atoms with van der Waals surface area (Å²) in [6.45, 7) is 2.31. The lowest BCUT2D eigenvalue weighted by molar-refractivity contribution is 0.117. The predicted molar refractivity (Wildman–Crippen MR) is 75.4 cm³/mol. The number of hydrogen-bond acceptors (Lipinski definition) is 2. The minimum Gasteiger partial charge on any atom is -0.493 e. The minimum absolute atomic E-state index is 0.00943. The molecule has 1 aliphatic heterocycles.